The number of phenolic OH excluding ortho intramolecular Hbond substituents is 2. The highest BCUT2D eigenvalue weighted by Crippen LogP contribution is 2.35. The molecule has 0 spiro atoms. The third-order valence-electron chi connectivity index (χ3n) is 11.6. The number of benzene rings is 4. The normalized spacial score (nSPS) is 19.2. The van der Waals surface area contributed by atoms with Crippen molar-refractivity contribution in [1.29, 1.82) is 0 Å². The molecular formula is C47H54N8O5. The first-order valence-corrected chi connectivity index (χ1v) is 21.1. The molecule has 5 heterocycles. The zero-order valence-corrected chi connectivity index (χ0v) is 34.4. The number of phenols is 2. The molecule has 1 amide bonds. The molecule has 0 bridgehead atoms. The lowest BCUT2D eigenvalue weighted by molar-refractivity contribution is 0.0821. The Morgan fingerprint density at radius 2 is 1.28 bits per heavy atom. The van der Waals surface area contributed by atoms with Gasteiger partial charge in [-0.05, 0) is 118 Å². The van der Waals surface area contributed by atoms with Crippen molar-refractivity contribution in [1.82, 2.24) is 25.3 Å². The lowest BCUT2D eigenvalue weighted by Crippen LogP contribution is -2.42. The first-order chi connectivity index (χ1) is 29.2. The lowest BCUT2D eigenvalue weighted by atomic mass is 9.97. The lowest BCUT2D eigenvalue weighted by Gasteiger charge is -2.34. The van der Waals surface area contributed by atoms with E-state index in [-0.39, 0.29) is 29.6 Å². The molecule has 13 nitrogen and oxygen atoms in total. The molecule has 3 atom stereocenters. The molecule has 3 aliphatic heterocycles. The summed E-state index contributed by atoms with van der Waals surface area (Å²) in [5.41, 5.74) is 11.2. The number of anilines is 2. The van der Waals surface area contributed by atoms with E-state index in [4.69, 9.17) is 35.1 Å². The number of nitrogens with one attached hydrogen (secondary N) is 1. The Morgan fingerprint density at radius 3 is 1.80 bits per heavy atom. The molecule has 9 rings (SSSR count). The molecule has 4 aromatic carbocycles. The van der Waals surface area contributed by atoms with E-state index >= 15 is 0 Å². The first kappa shape index (κ1) is 40.7. The predicted molar refractivity (Wildman–Crippen MR) is 235 cm³/mol. The summed E-state index contributed by atoms with van der Waals surface area (Å²) in [7, 11) is 0. The van der Waals surface area contributed by atoms with Gasteiger partial charge in [0, 0.05) is 49.9 Å². The first-order valence-electron chi connectivity index (χ1n) is 21.1. The number of hydrogen-bond donors (Lipinski definition) is 4. The summed E-state index contributed by atoms with van der Waals surface area (Å²) in [4.78, 5) is 36.1. The van der Waals surface area contributed by atoms with Gasteiger partial charge in [0.1, 0.15) is 29.2 Å². The summed E-state index contributed by atoms with van der Waals surface area (Å²) < 4.78 is 10.7. The molecule has 13 heteroatoms. The van der Waals surface area contributed by atoms with E-state index in [9.17, 15) is 15.0 Å². The Hall–Kier alpha value is -6.05. The van der Waals surface area contributed by atoms with Crippen LogP contribution in [-0.2, 0) is 9.47 Å². The molecule has 3 fully saturated rings. The Balaban J connectivity index is 0.000000172. The number of nitrogens with two attached hydrogens (primary N) is 1. The van der Waals surface area contributed by atoms with Gasteiger partial charge >= 0.3 is 6.09 Å². The van der Waals surface area contributed by atoms with Crippen molar-refractivity contribution in [2.24, 2.45) is 17.6 Å². The standard InChI is InChI=1S/C26H30N4O4.C21H24N4O/c1-17-8-9-20-22(13-17)28-24(21-6-2-3-7-23(21)31)29-25(20)30-11-4-5-18(15-30)14-27-26(32)34-19-10-12-33-16-19;1-14-8-9-16-18(11-14)23-20(17-6-2-3-7-19(17)26)24-21(16)25-10-4-5-15(12-22)13-25/h2-3,6-9,13,18-19,31H,4-5,10-12,14-16H2,1H3,(H,27,32);2-3,6-9,11,15,26H,4-5,10,12-13,22H2,1H3/t18-,19+;15-/m11/s1. The number of carbonyl (C=O) groups excluding carboxylic acids is 1. The van der Waals surface area contributed by atoms with Crippen molar-refractivity contribution in [3.8, 4) is 34.3 Å². The molecule has 0 saturated carbocycles. The summed E-state index contributed by atoms with van der Waals surface area (Å²) in [6.07, 6.45) is 4.54. The van der Waals surface area contributed by atoms with Gasteiger partial charge in [-0.25, -0.2) is 24.7 Å². The smallest absolute Gasteiger partial charge is 0.407 e. The van der Waals surface area contributed by atoms with Crippen LogP contribution in [0.2, 0.25) is 0 Å². The number of hydrogen-bond acceptors (Lipinski definition) is 12. The van der Waals surface area contributed by atoms with Gasteiger partial charge in [-0.2, -0.15) is 0 Å². The Morgan fingerprint density at radius 1 is 0.750 bits per heavy atom. The number of nitrogens with zero attached hydrogens (tertiary/aromatic N) is 6. The van der Waals surface area contributed by atoms with Crippen LogP contribution in [0.5, 0.6) is 11.5 Å². The van der Waals surface area contributed by atoms with Crippen molar-refractivity contribution < 1.29 is 24.5 Å². The van der Waals surface area contributed by atoms with Crippen LogP contribution in [0.25, 0.3) is 44.6 Å². The van der Waals surface area contributed by atoms with E-state index in [0.717, 1.165) is 96.4 Å². The molecule has 2 aromatic heterocycles. The molecule has 0 unspecified atom stereocenters. The van der Waals surface area contributed by atoms with E-state index < -0.39 is 0 Å². The number of aryl methyl sites for hydroxylation is 2. The van der Waals surface area contributed by atoms with Gasteiger partial charge in [0.05, 0.1) is 35.4 Å². The number of para-hydroxylation sites is 2. The van der Waals surface area contributed by atoms with Gasteiger partial charge in [0.2, 0.25) is 0 Å². The number of rotatable bonds is 8. The maximum Gasteiger partial charge on any atom is 0.407 e. The van der Waals surface area contributed by atoms with E-state index in [1.807, 2.05) is 31.2 Å². The SMILES string of the molecule is Cc1ccc2c(N3CCC[C@H](CN)C3)nc(-c3ccccc3O)nc2c1.Cc1ccc2c(N3CCC[C@H](CNC(=O)O[C@H]4CCOC4)C3)nc(-c3ccccc3O)nc2c1. The van der Waals surface area contributed by atoms with Crippen molar-refractivity contribution in [2.45, 2.75) is 52.1 Å². The van der Waals surface area contributed by atoms with Crippen LogP contribution in [-0.4, -0.2) is 94.8 Å². The van der Waals surface area contributed by atoms with Crippen molar-refractivity contribution in [3.63, 3.8) is 0 Å². The van der Waals surface area contributed by atoms with E-state index in [1.54, 1.807) is 24.3 Å². The van der Waals surface area contributed by atoms with Crippen LogP contribution in [0.3, 0.4) is 0 Å². The molecule has 6 aromatic rings. The van der Waals surface area contributed by atoms with Crippen LogP contribution in [0, 0.1) is 25.7 Å². The second-order valence-corrected chi connectivity index (χ2v) is 16.2. The number of ether oxygens (including phenoxy) is 2. The number of alkyl carbamates (subject to hydrolysis) is 1. The number of carbonyl (C=O) groups is 1. The fourth-order valence-electron chi connectivity index (χ4n) is 8.39. The highest BCUT2D eigenvalue weighted by molar-refractivity contribution is 5.93. The molecule has 60 heavy (non-hydrogen) atoms. The van der Waals surface area contributed by atoms with Crippen LogP contribution >= 0.6 is 0 Å². The monoisotopic (exact) mass is 810 g/mol. The summed E-state index contributed by atoms with van der Waals surface area (Å²) in [5.74, 6) is 4.00. The zero-order chi connectivity index (χ0) is 41.6. The number of piperidine rings is 2. The highest BCUT2D eigenvalue weighted by Gasteiger charge is 2.27. The second kappa shape index (κ2) is 18.5. The third kappa shape index (κ3) is 9.37. The maximum absolute atomic E-state index is 12.2. The average molecular weight is 811 g/mol. The molecule has 5 N–H and O–H groups in total. The quantitative estimate of drug-likeness (QED) is 0.119. The predicted octanol–water partition coefficient (Wildman–Crippen LogP) is 7.53. The second-order valence-electron chi connectivity index (χ2n) is 16.2. The maximum atomic E-state index is 12.2. The fourth-order valence-corrected chi connectivity index (χ4v) is 8.39. The van der Waals surface area contributed by atoms with E-state index in [2.05, 4.69) is 58.4 Å². The average Bonchev–Trinajstić information content (AvgIpc) is 3.78. The number of fused-ring (bicyclic) bond motifs is 2. The van der Waals surface area contributed by atoms with Gasteiger partial charge in [-0.1, -0.05) is 36.4 Å². The number of aromatic nitrogens is 4. The van der Waals surface area contributed by atoms with Crippen molar-refractivity contribution in [2.75, 3.05) is 62.3 Å². The Kier molecular flexibility index (Phi) is 12.5. The van der Waals surface area contributed by atoms with E-state index in [1.165, 1.54) is 6.42 Å². The summed E-state index contributed by atoms with van der Waals surface area (Å²) in [6.45, 7) is 10.0. The number of amides is 1. The molecule has 0 radical (unpaired) electrons. The van der Waals surface area contributed by atoms with Gasteiger partial charge < -0.3 is 40.5 Å². The molecular weight excluding hydrogens is 757 g/mol. The zero-order valence-electron chi connectivity index (χ0n) is 34.4. The van der Waals surface area contributed by atoms with E-state index in [0.29, 0.717) is 55.0 Å². The fraction of sp³-hybridized carbons (Fsp3) is 0.383. The topological polar surface area (TPSA) is 172 Å². The minimum Gasteiger partial charge on any atom is -0.507 e. The third-order valence-corrected chi connectivity index (χ3v) is 11.6. The molecule has 312 valence electrons. The van der Waals surface area contributed by atoms with Crippen LogP contribution in [0.1, 0.15) is 43.2 Å². The summed E-state index contributed by atoms with van der Waals surface area (Å²) in [5, 5.41) is 25.6. The Bertz CT molecular complexity index is 2460. The minimum atomic E-state index is -0.377. The molecule has 0 aliphatic carbocycles. The van der Waals surface area contributed by atoms with Crippen LogP contribution in [0.15, 0.2) is 84.9 Å². The van der Waals surface area contributed by atoms with Crippen LogP contribution < -0.4 is 20.9 Å². The van der Waals surface area contributed by atoms with Gasteiger partial charge in [-0.3, -0.25) is 0 Å². The van der Waals surface area contributed by atoms with Crippen LogP contribution in [0.4, 0.5) is 16.4 Å². The highest BCUT2D eigenvalue weighted by atomic mass is 16.6. The molecule has 3 aliphatic rings. The molecule has 3 saturated heterocycles. The minimum absolute atomic E-state index is 0.147. The van der Waals surface area contributed by atoms with Gasteiger partial charge in [0.25, 0.3) is 0 Å². The Labute approximate surface area is 350 Å². The van der Waals surface area contributed by atoms with Crippen molar-refractivity contribution >= 4 is 39.5 Å². The largest absolute Gasteiger partial charge is 0.507 e. The summed E-state index contributed by atoms with van der Waals surface area (Å²) in [6, 6.07) is 26.8. The van der Waals surface area contributed by atoms with Gasteiger partial charge in [-0.15, -0.1) is 0 Å². The summed E-state index contributed by atoms with van der Waals surface area (Å²) >= 11 is 0. The number of aromatic hydroxyl groups is 2. The van der Waals surface area contributed by atoms with Gasteiger partial charge in [0.15, 0.2) is 11.6 Å². The van der Waals surface area contributed by atoms with Crippen molar-refractivity contribution in [3.05, 3.63) is 96.1 Å².